The molecule has 6 heteroatoms. The van der Waals surface area contributed by atoms with E-state index in [-0.39, 0.29) is 24.0 Å². The van der Waals surface area contributed by atoms with E-state index in [0.717, 1.165) is 57.1 Å². The van der Waals surface area contributed by atoms with Crippen molar-refractivity contribution < 1.29 is 0 Å². The summed E-state index contributed by atoms with van der Waals surface area (Å²) in [5, 5.41) is 7.02. The Morgan fingerprint density at radius 2 is 1.82 bits per heavy atom. The maximum absolute atomic E-state index is 4.45. The van der Waals surface area contributed by atoms with Crippen LogP contribution in [0.25, 0.3) is 0 Å². The Kier molecular flexibility index (Phi) is 9.54. The lowest BCUT2D eigenvalue weighted by Gasteiger charge is -2.33. The number of anilines is 1. The minimum atomic E-state index is 0. The van der Waals surface area contributed by atoms with E-state index in [1.807, 2.05) is 25.4 Å². The number of piperidine rings is 1. The molecule has 1 aromatic heterocycles. The molecule has 0 atom stereocenters. The first kappa shape index (κ1) is 22.5. The van der Waals surface area contributed by atoms with Crippen molar-refractivity contribution in [3.8, 4) is 0 Å². The molecule has 3 rings (SSSR count). The summed E-state index contributed by atoms with van der Waals surface area (Å²) in [5.41, 5.74) is 2.75. The second kappa shape index (κ2) is 11.9. The molecular formula is C22H32IN5. The van der Waals surface area contributed by atoms with Gasteiger partial charge >= 0.3 is 0 Å². The number of nitrogens with one attached hydrogen (secondary N) is 2. The Hall–Kier alpha value is -1.83. The maximum atomic E-state index is 4.45. The molecule has 1 aliphatic rings. The highest BCUT2D eigenvalue weighted by Gasteiger charge is 2.20. The van der Waals surface area contributed by atoms with Crippen molar-refractivity contribution >= 4 is 35.8 Å². The van der Waals surface area contributed by atoms with Crippen LogP contribution in [-0.2, 0) is 12.8 Å². The van der Waals surface area contributed by atoms with Crippen LogP contribution in [0.4, 0.5) is 5.82 Å². The SMILES string of the molecule is CCc1ccc(CCNC(=NC)NC2CCN(c3ccccn3)CC2)cc1.I. The van der Waals surface area contributed by atoms with Gasteiger partial charge in [-0.15, -0.1) is 24.0 Å². The number of rotatable bonds is 6. The standard InChI is InChI=1S/C22H31N5.HI/c1-3-18-7-9-19(10-8-18)11-15-25-22(23-2)26-20-12-16-27(17-13-20)21-6-4-5-14-24-21;/h4-10,14,20H,3,11-13,15-17H2,1-2H3,(H2,23,25,26);1H. The van der Waals surface area contributed by atoms with Crippen LogP contribution in [0.15, 0.2) is 53.7 Å². The first-order valence-corrected chi connectivity index (χ1v) is 9.99. The third-order valence-electron chi connectivity index (χ3n) is 5.17. The number of aryl methyl sites for hydroxylation is 1. The summed E-state index contributed by atoms with van der Waals surface area (Å²) >= 11 is 0. The summed E-state index contributed by atoms with van der Waals surface area (Å²) in [4.78, 5) is 11.2. The molecule has 0 unspecified atom stereocenters. The largest absolute Gasteiger partial charge is 0.356 e. The zero-order valence-electron chi connectivity index (χ0n) is 16.9. The first-order valence-electron chi connectivity index (χ1n) is 9.99. The number of nitrogens with zero attached hydrogens (tertiary/aromatic N) is 3. The van der Waals surface area contributed by atoms with Crippen LogP contribution < -0.4 is 15.5 Å². The van der Waals surface area contributed by atoms with E-state index in [2.05, 4.69) is 62.8 Å². The van der Waals surface area contributed by atoms with Gasteiger partial charge in [-0.3, -0.25) is 4.99 Å². The van der Waals surface area contributed by atoms with Crippen molar-refractivity contribution in [1.82, 2.24) is 15.6 Å². The number of benzene rings is 1. The van der Waals surface area contributed by atoms with E-state index < -0.39 is 0 Å². The molecule has 28 heavy (non-hydrogen) atoms. The van der Waals surface area contributed by atoms with E-state index in [9.17, 15) is 0 Å². The summed E-state index contributed by atoms with van der Waals surface area (Å²) in [6, 6.07) is 15.4. The van der Waals surface area contributed by atoms with Gasteiger partial charge in [-0.2, -0.15) is 0 Å². The van der Waals surface area contributed by atoms with Gasteiger partial charge in [0.25, 0.3) is 0 Å². The van der Waals surface area contributed by atoms with E-state index in [1.54, 1.807) is 0 Å². The molecule has 0 spiro atoms. The molecule has 0 amide bonds. The zero-order valence-corrected chi connectivity index (χ0v) is 19.2. The topological polar surface area (TPSA) is 52.6 Å². The number of hydrogen-bond acceptors (Lipinski definition) is 3. The highest BCUT2D eigenvalue weighted by Crippen LogP contribution is 2.17. The predicted molar refractivity (Wildman–Crippen MR) is 129 cm³/mol. The molecule has 2 heterocycles. The van der Waals surface area contributed by atoms with Crippen LogP contribution in [0.2, 0.25) is 0 Å². The minimum absolute atomic E-state index is 0. The Bertz CT molecular complexity index is 709. The monoisotopic (exact) mass is 493 g/mol. The fourth-order valence-corrected chi connectivity index (χ4v) is 3.45. The van der Waals surface area contributed by atoms with Gasteiger partial charge in [-0.25, -0.2) is 4.98 Å². The quantitative estimate of drug-likeness (QED) is 0.367. The van der Waals surface area contributed by atoms with Crippen molar-refractivity contribution in [3.63, 3.8) is 0 Å². The van der Waals surface area contributed by atoms with Crippen molar-refractivity contribution in [2.45, 2.75) is 38.6 Å². The number of pyridine rings is 1. The highest BCUT2D eigenvalue weighted by molar-refractivity contribution is 14.0. The molecule has 1 fully saturated rings. The average Bonchev–Trinajstić information content (AvgIpc) is 2.74. The minimum Gasteiger partial charge on any atom is -0.356 e. The number of halogens is 1. The third-order valence-corrected chi connectivity index (χ3v) is 5.17. The van der Waals surface area contributed by atoms with Gasteiger partial charge < -0.3 is 15.5 Å². The van der Waals surface area contributed by atoms with Crippen molar-refractivity contribution in [2.24, 2.45) is 4.99 Å². The van der Waals surface area contributed by atoms with Gasteiger partial charge in [0.05, 0.1) is 0 Å². The van der Waals surface area contributed by atoms with Gasteiger partial charge in [0.15, 0.2) is 5.96 Å². The molecule has 0 saturated carbocycles. The van der Waals surface area contributed by atoms with Gasteiger partial charge in [-0.1, -0.05) is 37.3 Å². The fourth-order valence-electron chi connectivity index (χ4n) is 3.45. The van der Waals surface area contributed by atoms with Crippen LogP contribution in [0, 0.1) is 0 Å². The molecule has 152 valence electrons. The molecular weight excluding hydrogens is 461 g/mol. The van der Waals surface area contributed by atoms with Crippen molar-refractivity contribution in [3.05, 3.63) is 59.8 Å². The van der Waals surface area contributed by atoms with E-state index in [4.69, 9.17) is 0 Å². The summed E-state index contributed by atoms with van der Waals surface area (Å²) in [6.45, 7) is 5.12. The van der Waals surface area contributed by atoms with Crippen LogP contribution >= 0.6 is 24.0 Å². The summed E-state index contributed by atoms with van der Waals surface area (Å²) in [7, 11) is 1.84. The smallest absolute Gasteiger partial charge is 0.191 e. The number of aliphatic imine (C=N–C) groups is 1. The normalized spacial score (nSPS) is 15.1. The van der Waals surface area contributed by atoms with E-state index in [0.29, 0.717) is 6.04 Å². The molecule has 5 nitrogen and oxygen atoms in total. The molecule has 1 saturated heterocycles. The summed E-state index contributed by atoms with van der Waals surface area (Å²) in [6.07, 6.45) is 6.14. The Balaban J connectivity index is 0.00000280. The van der Waals surface area contributed by atoms with Gasteiger partial charge in [0.2, 0.25) is 0 Å². The summed E-state index contributed by atoms with van der Waals surface area (Å²) < 4.78 is 0. The van der Waals surface area contributed by atoms with E-state index in [1.165, 1.54) is 11.1 Å². The lowest BCUT2D eigenvalue weighted by molar-refractivity contribution is 0.459. The van der Waals surface area contributed by atoms with Gasteiger partial charge in [0, 0.05) is 38.9 Å². The van der Waals surface area contributed by atoms with E-state index >= 15 is 0 Å². The lowest BCUT2D eigenvalue weighted by atomic mass is 10.1. The highest BCUT2D eigenvalue weighted by atomic mass is 127. The lowest BCUT2D eigenvalue weighted by Crippen LogP contribution is -2.49. The Labute approximate surface area is 186 Å². The van der Waals surface area contributed by atoms with Crippen LogP contribution in [0.3, 0.4) is 0 Å². The molecule has 0 bridgehead atoms. The van der Waals surface area contributed by atoms with Crippen LogP contribution in [0.1, 0.15) is 30.9 Å². The molecule has 1 aliphatic heterocycles. The molecule has 1 aromatic carbocycles. The second-order valence-electron chi connectivity index (χ2n) is 7.01. The van der Waals surface area contributed by atoms with Gasteiger partial charge in [-0.05, 0) is 48.9 Å². The fraction of sp³-hybridized carbons (Fsp3) is 0.455. The number of guanidine groups is 1. The van der Waals surface area contributed by atoms with Crippen molar-refractivity contribution in [1.29, 1.82) is 0 Å². The molecule has 2 N–H and O–H groups in total. The number of hydrogen-bond donors (Lipinski definition) is 2. The first-order chi connectivity index (χ1) is 13.3. The van der Waals surface area contributed by atoms with Crippen LogP contribution in [-0.4, -0.2) is 43.7 Å². The van der Waals surface area contributed by atoms with Crippen LogP contribution in [0.5, 0.6) is 0 Å². The summed E-state index contributed by atoms with van der Waals surface area (Å²) in [5.74, 6) is 1.98. The number of aromatic nitrogens is 1. The molecule has 0 aliphatic carbocycles. The Morgan fingerprint density at radius 1 is 1.11 bits per heavy atom. The zero-order chi connectivity index (χ0) is 18.9. The van der Waals surface area contributed by atoms with Gasteiger partial charge in [0.1, 0.15) is 5.82 Å². The maximum Gasteiger partial charge on any atom is 0.191 e. The average molecular weight is 493 g/mol. The second-order valence-corrected chi connectivity index (χ2v) is 7.01. The Morgan fingerprint density at radius 3 is 2.43 bits per heavy atom. The molecule has 2 aromatic rings. The predicted octanol–water partition coefficient (Wildman–Crippen LogP) is 3.64. The third kappa shape index (κ3) is 6.65. The van der Waals surface area contributed by atoms with Crippen molar-refractivity contribution in [2.75, 3.05) is 31.6 Å². The molecule has 0 radical (unpaired) electrons.